The smallest absolute Gasteiger partial charge is 0.408 e. The Bertz CT molecular complexity index is 1070. The van der Waals surface area contributed by atoms with E-state index in [1.54, 1.807) is 24.3 Å². The van der Waals surface area contributed by atoms with Crippen LogP contribution in [0.25, 0.3) is 11.1 Å². The van der Waals surface area contributed by atoms with Gasteiger partial charge in [-0.2, -0.15) is 0 Å². The molecule has 0 spiro atoms. The number of nitrogens with two attached hydrogens (primary N) is 1. The van der Waals surface area contributed by atoms with E-state index in [1.165, 1.54) is 10.1 Å². The van der Waals surface area contributed by atoms with Gasteiger partial charge in [0.1, 0.15) is 0 Å². The van der Waals surface area contributed by atoms with E-state index in [4.69, 9.17) is 15.0 Å². The number of aromatic nitrogens is 1. The third kappa shape index (κ3) is 4.31. The molecular weight excluding hydrogens is 358 g/mol. The molecule has 28 heavy (non-hydrogen) atoms. The SMILES string of the molecule is CC(C)(C)c1ccc(C(N)=NOC(=O)CCn2c(=O)oc3ccccc32)cc1. The molecule has 0 saturated carbocycles. The van der Waals surface area contributed by atoms with Crippen LogP contribution in [0.4, 0.5) is 0 Å². The predicted molar refractivity (Wildman–Crippen MR) is 107 cm³/mol. The van der Waals surface area contributed by atoms with Crippen LogP contribution >= 0.6 is 0 Å². The zero-order valence-corrected chi connectivity index (χ0v) is 16.1. The lowest BCUT2D eigenvalue weighted by Crippen LogP contribution is -2.18. The molecule has 1 aromatic heterocycles. The maximum absolute atomic E-state index is 12.0. The van der Waals surface area contributed by atoms with Gasteiger partial charge in [0.15, 0.2) is 11.4 Å². The number of carbonyl (C=O) groups is 1. The molecule has 3 rings (SSSR count). The van der Waals surface area contributed by atoms with Gasteiger partial charge in [0, 0.05) is 12.1 Å². The van der Waals surface area contributed by atoms with Crippen molar-refractivity contribution in [1.82, 2.24) is 4.57 Å². The quantitative estimate of drug-likeness (QED) is 0.317. The van der Waals surface area contributed by atoms with E-state index in [0.29, 0.717) is 16.7 Å². The van der Waals surface area contributed by atoms with Crippen LogP contribution < -0.4 is 11.5 Å². The number of benzene rings is 2. The molecule has 146 valence electrons. The third-order valence-electron chi connectivity index (χ3n) is 4.41. The summed E-state index contributed by atoms with van der Waals surface area (Å²) in [6.45, 7) is 6.49. The van der Waals surface area contributed by atoms with Crippen molar-refractivity contribution in [3.05, 3.63) is 70.2 Å². The van der Waals surface area contributed by atoms with E-state index in [9.17, 15) is 9.59 Å². The minimum atomic E-state index is -0.591. The summed E-state index contributed by atoms with van der Waals surface area (Å²) in [5.74, 6) is -0.998. The Morgan fingerprint density at radius 1 is 1.14 bits per heavy atom. The molecule has 0 unspecified atom stereocenters. The van der Waals surface area contributed by atoms with Crippen molar-refractivity contribution in [2.24, 2.45) is 10.9 Å². The van der Waals surface area contributed by atoms with Gasteiger partial charge in [0.25, 0.3) is 0 Å². The first kappa shape index (κ1) is 19.4. The van der Waals surface area contributed by atoms with E-state index in [2.05, 4.69) is 25.9 Å². The Balaban J connectivity index is 1.61. The summed E-state index contributed by atoms with van der Waals surface area (Å²) >= 11 is 0. The minimum absolute atomic E-state index is 0.0340. The largest absolute Gasteiger partial charge is 0.419 e. The minimum Gasteiger partial charge on any atom is -0.408 e. The third-order valence-corrected chi connectivity index (χ3v) is 4.41. The first-order valence-corrected chi connectivity index (χ1v) is 8.98. The highest BCUT2D eigenvalue weighted by Gasteiger charge is 2.14. The molecule has 2 N–H and O–H groups in total. The van der Waals surface area contributed by atoms with Crippen molar-refractivity contribution in [2.75, 3.05) is 0 Å². The summed E-state index contributed by atoms with van der Waals surface area (Å²) in [4.78, 5) is 28.8. The zero-order valence-electron chi connectivity index (χ0n) is 16.1. The predicted octanol–water partition coefficient (Wildman–Crippen LogP) is 3.15. The van der Waals surface area contributed by atoms with Crippen LogP contribution in [0.15, 0.2) is 62.9 Å². The molecule has 7 heteroatoms. The van der Waals surface area contributed by atoms with Crippen molar-refractivity contribution >= 4 is 22.9 Å². The van der Waals surface area contributed by atoms with E-state index in [0.717, 1.165) is 0 Å². The molecule has 1 heterocycles. The van der Waals surface area contributed by atoms with Crippen molar-refractivity contribution in [2.45, 2.75) is 39.2 Å². The first-order valence-electron chi connectivity index (χ1n) is 8.98. The van der Waals surface area contributed by atoms with Gasteiger partial charge in [-0.25, -0.2) is 9.59 Å². The monoisotopic (exact) mass is 381 g/mol. The normalized spacial score (nSPS) is 12.3. The molecule has 0 aliphatic carbocycles. The number of hydrogen-bond acceptors (Lipinski definition) is 5. The Morgan fingerprint density at radius 2 is 1.82 bits per heavy atom. The highest BCUT2D eigenvalue weighted by molar-refractivity contribution is 5.97. The maximum atomic E-state index is 12.0. The van der Waals surface area contributed by atoms with Gasteiger partial charge < -0.3 is 15.0 Å². The van der Waals surface area contributed by atoms with Gasteiger partial charge in [-0.15, -0.1) is 0 Å². The molecule has 0 bridgehead atoms. The Kier molecular flexibility index (Phi) is 5.35. The molecule has 0 saturated heterocycles. The lowest BCUT2D eigenvalue weighted by Gasteiger charge is -2.18. The molecule has 0 radical (unpaired) electrons. The fraction of sp³-hybridized carbons (Fsp3) is 0.286. The molecule has 0 amide bonds. The molecule has 0 aliphatic heterocycles. The van der Waals surface area contributed by atoms with Crippen LogP contribution in [0.3, 0.4) is 0 Å². The second-order valence-corrected chi connectivity index (χ2v) is 7.50. The second kappa shape index (κ2) is 7.72. The number of oxazole rings is 1. The van der Waals surface area contributed by atoms with Crippen LogP contribution in [0, 0.1) is 0 Å². The topological polar surface area (TPSA) is 99.8 Å². The van der Waals surface area contributed by atoms with Gasteiger partial charge in [0.2, 0.25) is 0 Å². The molecule has 0 atom stereocenters. The number of para-hydroxylation sites is 2. The standard InChI is InChI=1S/C21H23N3O4/c1-21(2,3)15-10-8-14(9-11-15)19(22)23-28-18(25)12-13-24-16-6-4-5-7-17(16)27-20(24)26/h4-11H,12-13H2,1-3H3,(H2,22,23). The summed E-state index contributed by atoms with van der Waals surface area (Å²) in [6.07, 6.45) is -0.0385. The fourth-order valence-electron chi connectivity index (χ4n) is 2.77. The van der Waals surface area contributed by atoms with E-state index in [1.807, 2.05) is 24.3 Å². The van der Waals surface area contributed by atoms with Gasteiger partial charge in [-0.05, 0) is 23.1 Å². The van der Waals surface area contributed by atoms with Crippen LogP contribution in [-0.2, 0) is 21.6 Å². The molecule has 2 aromatic carbocycles. The molecule has 3 aromatic rings. The molecular formula is C21H23N3O4. The number of carbonyl (C=O) groups excluding carboxylic acids is 1. The summed E-state index contributed by atoms with van der Waals surface area (Å²) in [7, 11) is 0. The number of rotatable bonds is 5. The van der Waals surface area contributed by atoms with Crippen LogP contribution in [0.1, 0.15) is 38.3 Å². The number of nitrogens with zero attached hydrogens (tertiary/aromatic N) is 2. The number of amidine groups is 1. The molecule has 7 nitrogen and oxygen atoms in total. The van der Waals surface area contributed by atoms with Crippen molar-refractivity contribution in [1.29, 1.82) is 0 Å². The van der Waals surface area contributed by atoms with Gasteiger partial charge >= 0.3 is 11.7 Å². The Hall–Kier alpha value is -3.35. The number of fused-ring (bicyclic) bond motifs is 1. The number of oxime groups is 1. The number of hydrogen-bond donors (Lipinski definition) is 1. The number of aryl methyl sites for hydroxylation is 1. The van der Waals surface area contributed by atoms with Crippen molar-refractivity contribution in [3.8, 4) is 0 Å². The summed E-state index contributed by atoms with van der Waals surface area (Å²) in [5.41, 5.74) is 8.86. The van der Waals surface area contributed by atoms with Crippen LogP contribution in [0.2, 0.25) is 0 Å². The van der Waals surface area contributed by atoms with E-state index < -0.39 is 11.7 Å². The van der Waals surface area contributed by atoms with Gasteiger partial charge in [-0.3, -0.25) is 4.57 Å². The summed E-state index contributed by atoms with van der Waals surface area (Å²) in [5, 5.41) is 3.70. The highest BCUT2D eigenvalue weighted by Crippen LogP contribution is 2.22. The van der Waals surface area contributed by atoms with Crippen molar-refractivity contribution < 1.29 is 14.0 Å². The second-order valence-electron chi connectivity index (χ2n) is 7.50. The van der Waals surface area contributed by atoms with Crippen molar-refractivity contribution in [3.63, 3.8) is 0 Å². The van der Waals surface area contributed by atoms with E-state index >= 15 is 0 Å². The maximum Gasteiger partial charge on any atom is 0.419 e. The molecule has 0 fully saturated rings. The molecule has 0 aliphatic rings. The summed E-state index contributed by atoms with van der Waals surface area (Å²) < 4.78 is 6.51. The average Bonchev–Trinajstić information content (AvgIpc) is 2.99. The van der Waals surface area contributed by atoms with Gasteiger partial charge in [-0.1, -0.05) is 62.3 Å². The van der Waals surface area contributed by atoms with Crippen LogP contribution in [0.5, 0.6) is 0 Å². The average molecular weight is 381 g/mol. The van der Waals surface area contributed by atoms with E-state index in [-0.39, 0.29) is 24.2 Å². The first-order chi connectivity index (χ1) is 13.3. The highest BCUT2D eigenvalue weighted by atomic mass is 16.7. The van der Waals surface area contributed by atoms with Crippen LogP contribution in [-0.4, -0.2) is 16.4 Å². The fourth-order valence-corrected chi connectivity index (χ4v) is 2.77. The van der Waals surface area contributed by atoms with Gasteiger partial charge in [0.05, 0.1) is 11.9 Å². The lowest BCUT2D eigenvalue weighted by molar-refractivity contribution is -0.143. The lowest BCUT2D eigenvalue weighted by atomic mass is 9.87. The Morgan fingerprint density at radius 3 is 2.50 bits per heavy atom. The Labute approximate surface area is 162 Å². The summed E-state index contributed by atoms with van der Waals surface area (Å²) in [6, 6.07) is 14.6. The zero-order chi connectivity index (χ0) is 20.3.